The van der Waals surface area contributed by atoms with E-state index in [-0.39, 0.29) is 11.8 Å². The van der Waals surface area contributed by atoms with Crippen LogP contribution in [0.3, 0.4) is 0 Å². The molecule has 1 atom stereocenters. The minimum absolute atomic E-state index is 0.0274. The van der Waals surface area contributed by atoms with E-state index in [9.17, 15) is 4.79 Å². The number of aryl methyl sites for hydroxylation is 1. The zero-order valence-electron chi connectivity index (χ0n) is 15.0. The molecule has 3 rings (SSSR count). The molecule has 2 aromatic carbocycles. The zero-order chi connectivity index (χ0) is 18.5. The van der Waals surface area contributed by atoms with Crippen LogP contribution in [0.1, 0.15) is 29.5 Å². The average molecular weight is 391 g/mol. The third-order valence-electron chi connectivity index (χ3n) is 4.83. The molecule has 0 aliphatic carbocycles. The van der Waals surface area contributed by atoms with Gasteiger partial charge in [-0.2, -0.15) is 0 Å². The number of benzene rings is 2. The number of hydrogen-bond acceptors (Lipinski definition) is 2. The highest BCUT2D eigenvalue weighted by molar-refractivity contribution is 6.35. The maximum absolute atomic E-state index is 12.6. The van der Waals surface area contributed by atoms with Crippen molar-refractivity contribution in [3.05, 3.63) is 69.2 Å². The molecule has 0 radical (unpaired) electrons. The summed E-state index contributed by atoms with van der Waals surface area (Å²) in [4.78, 5) is 15.0. The molecule has 138 valence electrons. The Bertz CT molecular complexity index is 778. The first-order valence-electron chi connectivity index (χ1n) is 9.01. The van der Waals surface area contributed by atoms with E-state index in [4.69, 9.17) is 23.2 Å². The molecule has 3 nitrogen and oxygen atoms in total. The highest BCUT2D eigenvalue weighted by Crippen LogP contribution is 2.22. The van der Waals surface area contributed by atoms with Gasteiger partial charge in [-0.05, 0) is 49.6 Å². The standard InChI is InChI=1S/C21H24Cl2N2O/c1-15-4-2-5-16(10-15)13-25-9-3-6-18(14-25)21(26)24-12-17-7-8-19(22)11-20(17)23/h2,4-5,7-8,10-11,18H,3,6,9,12-14H2,1H3,(H,24,26). The number of piperidine rings is 1. The van der Waals surface area contributed by atoms with E-state index in [0.29, 0.717) is 16.6 Å². The summed E-state index contributed by atoms with van der Waals surface area (Å²) in [6.45, 7) is 5.28. The average Bonchev–Trinajstić information content (AvgIpc) is 2.61. The number of carbonyl (C=O) groups excluding carboxylic acids is 1. The van der Waals surface area contributed by atoms with Crippen molar-refractivity contribution in [2.24, 2.45) is 5.92 Å². The Morgan fingerprint density at radius 1 is 1.23 bits per heavy atom. The van der Waals surface area contributed by atoms with E-state index >= 15 is 0 Å². The fraction of sp³-hybridized carbons (Fsp3) is 0.381. The molecule has 0 bridgehead atoms. The summed E-state index contributed by atoms with van der Waals surface area (Å²) in [5.41, 5.74) is 3.46. The van der Waals surface area contributed by atoms with Gasteiger partial charge < -0.3 is 5.32 Å². The molecule has 2 aromatic rings. The summed E-state index contributed by atoms with van der Waals surface area (Å²) in [5.74, 6) is 0.129. The number of amides is 1. The summed E-state index contributed by atoms with van der Waals surface area (Å²) in [6, 6.07) is 13.9. The number of likely N-dealkylation sites (tertiary alicyclic amines) is 1. The van der Waals surface area contributed by atoms with E-state index in [1.54, 1.807) is 12.1 Å². The van der Waals surface area contributed by atoms with E-state index in [1.165, 1.54) is 11.1 Å². The Hall–Kier alpha value is -1.55. The van der Waals surface area contributed by atoms with Crippen LogP contribution in [0.5, 0.6) is 0 Å². The molecule has 0 aromatic heterocycles. The van der Waals surface area contributed by atoms with Crippen LogP contribution in [0.25, 0.3) is 0 Å². The van der Waals surface area contributed by atoms with Crippen LogP contribution >= 0.6 is 23.2 Å². The molecule has 1 amide bonds. The molecule has 1 saturated heterocycles. The van der Waals surface area contributed by atoms with Gasteiger partial charge in [0.15, 0.2) is 0 Å². The monoisotopic (exact) mass is 390 g/mol. The molecule has 26 heavy (non-hydrogen) atoms. The van der Waals surface area contributed by atoms with Crippen LogP contribution in [-0.4, -0.2) is 23.9 Å². The van der Waals surface area contributed by atoms with Crippen LogP contribution in [0.15, 0.2) is 42.5 Å². The molecule has 0 spiro atoms. The second-order valence-corrected chi connectivity index (χ2v) is 7.86. The first-order valence-corrected chi connectivity index (χ1v) is 9.76. The van der Waals surface area contributed by atoms with Gasteiger partial charge in [-0.15, -0.1) is 0 Å². The van der Waals surface area contributed by atoms with Gasteiger partial charge in [0, 0.05) is 29.7 Å². The summed E-state index contributed by atoms with van der Waals surface area (Å²) in [5, 5.41) is 4.22. The van der Waals surface area contributed by atoms with E-state index in [2.05, 4.69) is 41.4 Å². The van der Waals surface area contributed by atoms with Crippen LogP contribution in [0.4, 0.5) is 0 Å². The lowest BCUT2D eigenvalue weighted by atomic mass is 9.96. The number of nitrogens with zero attached hydrogens (tertiary/aromatic N) is 1. The summed E-state index contributed by atoms with van der Waals surface area (Å²) >= 11 is 12.1. The van der Waals surface area contributed by atoms with Crippen molar-refractivity contribution < 1.29 is 4.79 Å². The largest absolute Gasteiger partial charge is 0.352 e. The maximum atomic E-state index is 12.6. The van der Waals surface area contributed by atoms with Crippen LogP contribution in [0.2, 0.25) is 10.0 Å². The predicted octanol–water partition coefficient (Wildman–Crippen LogP) is 4.83. The summed E-state index contributed by atoms with van der Waals surface area (Å²) in [7, 11) is 0. The Labute approximate surface area is 165 Å². The normalized spacial score (nSPS) is 17.9. The van der Waals surface area contributed by atoms with Crippen molar-refractivity contribution in [1.29, 1.82) is 0 Å². The molecule has 5 heteroatoms. The smallest absolute Gasteiger partial charge is 0.224 e. The Kier molecular flexibility index (Phi) is 6.58. The predicted molar refractivity (Wildman–Crippen MR) is 107 cm³/mol. The number of halogens is 2. The lowest BCUT2D eigenvalue weighted by Crippen LogP contribution is -2.42. The minimum atomic E-state index is 0.0274. The molecule has 1 heterocycles. The molecule has 0 saturated carbocycles. The van der Waals surface area contributed by atoms with Gasteiger partial charge in [-0.25, -0.2) is 0 Å². The topological polar surface area (TPSA) is 32.3 Å². The minimum Gasteiger partial charge on any atom is -0.352 e. The fourth-order valence-corrected chi connectivity index (χ4v) is 3.95. The highest BCUT2D eigenvalue weighted by atomic mass is 35.5. The Morgan fingerprint density at radius 2 is 2.08 bits per heavy atom. The number of rotatable bonds is 5. The van der Waals surface area contributed by atoms with E-state index in [0.717, 1.165) is 38.0 Å². The Morgan fingerprint density at radius 3 is 2.85 bits per heavy atom. The number of carbonyl (C=O) groups is 1. The second-order valence-electron chi connectivity index (χ2n) is 7.02. The summed E-state index contributed by atoms with van der Waals surface area (Å²) in [6.07, 6.45) is 1.98. The molecule has 1 aliphatic rings. The maximum Gasteiger partial charge on any atom is 0.224 e. The highest BCUT2D eigenvalue weighted by Gasteiger charge is 2.25. The molecule has 1 aliphatic heterocycles. The van der Waals surface area contributed by atoms with Gasteiger partial charge in [0.1, 0.15) is 0 Å². The quantitative estimate of drug-likeness (QED) is 0.792. The van der Waals surface area contributed by atoms with E-state index < -0.39 is 0 Å². The van der Waals surface area contributed by atoms with Crippen LogP contribution in [-0.2, 0) is 17.9 Å². The number of hydrogen-bond donors (Lipinski definition) is 1. The van der Waals surface area contributed by atoms with Crippen molar-refractivity contribution >= 4 is 29.1 Å². The van der Waals surface area contributed by atoms with Gasteiger partial charge in [0.25, 0.3) is 0 Å². The Balaban J connectivity index is 1.54. The molecular weight excluding hydrogens is 367 g/mol. The second kappa shape index (κ2) is 8.90. The first kappa shape index (κ1) is 19.2. The fourth-order valence-electron chi connectivity index (χ4n) is 3.47. The van der Waals surface area contributed by atoms with Crippen molar-refractivity contribution in [3.8, 4) is 0 Å². The first-order chi connectivity index (χ1) is 12.5. The lowest BCUT2D eigenvalue weighted by Gasteiger charge is -2.32. The summed E-state index contributed by atoms with van der Waals surface area (Å²) < 4.78 is 0. The van der Waals surface area contributed by atoms with Gasteiger partial charge >= 0.3 is 0 Å². The van der Waals surface area contributed by atoms with Crippen molar-refractivity contribution in [1.82, 2.24) is 10.2 Å². The van der Waals surface area contributed by atoms with Gasteiger partial charge in [-0.1, -0.05) is 59.1 Å². The number of nitrogens with one attached hydrogen (secondary N) is 1. The lowest BCUT2D eigenvalue weighted by molar-refractivity contribution is -0.126. The zero-order valence-corrected chi connectivity index (χ0v) is 16.5. The molecule has 1 N–H and O–H groups in total. The van der Waals surface area contributed by atoms with Crippen LogP contribution < -0.4 is 5.32 Å². The van der Waals surface area contributed by atoms with Gasteiger partial charge in [0.05, 0.1) is 5.92 Å². The molecular formula is C21H24Cl2N2O. The van der Waals surface area contributed by atoms with Gasteiger partial charge in [0.2, 0.25) is 5.91 Å². The third kappa shape index (κ3) is 5.23. The third-order valence-corrected chi connectivity index (χ3v) is 5.42. The molecule has 1 unspecified atom stereocenters. The van der Waals surface area contributed by atoms with Crippen molar-refractivity contribution in [3.63, 3.8) is 0 Å². The van der Waals surface area contributed by atoms with Gasteiger partial charge in [-0.3, -0.25) is 9.69 Å². The van der Waals surface area contributed by atoms with Crippen molar-refractivity contribution in [2.45, 2.75) is 32.9 Å². The van der Waals surface area contributed by atoms with Crippen LogP contribution in [0, 0.1) is 12.8 Å². The van der Waals surface area contributed by atoms with Crippen molar-refractivity contribution in [2.75, 3.05) is 13.1 Å². The molecule has 1 fully saturated rings. The van der Waals surface area contributed by atoms with E-state index in [1.807, 2.05) is 6.07 Å². The SMILES string of the molecule is Cc1cccc(CN2CCCC(C(=O)NCc3ccc(Cl)cc3Cl)C2)c1.